The molecular weight excluding hydrogens is 456 g/mol. The molecule has 5 saturated carbocycles. The average Bonchev–Trinajstić information content (AvgIpc) is 3.78. The molecule has 9 rings (SSSR count). The van der Waals surface area contributed by atoms with Crippen molar-refractivity contribution in [1.82, 2.24) is 0 Å². The van der Waals surface area contributed by atoms with Crippen LogP contribution in [-0.2, 0) is 34.0 Å². The van der Waals surface area contributed by atoms with Crippen molar-refractivity contribution in [3.8, 4) is 0 Å². The van der Waals surface area contributed by atoms with Gasteiger partial charge in [-0.3, -0.25) is 14.4 Å². The topological polar surface area (TPSA) is 78.9 Å². The van der Waals surface area contributed by atoms with Crippen LogP contribution in [0, 0.1) is 40.9 Å². The molecule has 3 aromatic rings. The Morgan fingerprint density at radius 2 is 1.56 bits per heavy atom. The molecule has 9 atom stereocenters. The molecule has 5 fully saturated rings. The molecule has 6 aliphatic rings. The number of benzene rings is 3. The lowest BCUT2D eigenvalue weighted by molar-refractivity contribution is -0.166. The zero-order valence-electron chi connectivity index (χ0n) is 20.3. The molecule has 6 aliphatic carbocycles. The summed E-state index contributed by atoms with van der Waals surface area (Å²) in [5, 5.41) is 4.51. The van der Waals surface area contributed by atoms with E-state index >= 15 is 0 Å². The fraction of sp³-hybridized carbons (Fsp3) is 0.433. The Labute approximate surface area is 207 Å². The van der Waals surface area contributed by atoms with Gasteiger partial charge in [0.1, 0.15) is 5.41 Å². The second kappa shape index (κ2) is 6.28. The molecule has 0 aliphatic heterocycles. The lowest BCUT2D eigenvalue weighted by Crippen LogP contribution is -2.54. The number of esters is 3. The van der Waals surface area contributed by atoms with Crippen molar-refractivity contribution in [1.29, 1.82) is 0 Å². The summed E-state index contributed by atoms with van der Waals surface area (Å²) in [4.78, 5) is 40.6. The minimum Gasteiger partial charge on any atom is -0.469 e. The van der Waals surface area contributed by atoms with Gasteiger partial charge < -0.3 is 14.2 Å². The largest absolute Gasteiger partial charge is 0.469 e. The maximum Gasteiger partial charge on any atom is 0.317 e. The van der Waals surface area contributed by atoms with Crippen molar-refractivity contribution in [3.63, 3.8) is 0 Å². The maximum absolute atomic E-state index is 14.0. The number of fused-ring (bicyclic) bond motifs is 4. The van der Waals surface area contributed by atoms with E-state index in [9.17, 15) is 14.4 Å². The van der Waals surface area contributed by atoms with Crippen molar-refractivity contribution in [3.05, 3.63) is 59.7 Å². The number of ether oxygens (including phenoxy) is 3. The summed E-state index contributed by atoms with van der Waals surface area (Å²) in [6, 6.07) is 16.8. The minimum atomic E-state index is -1.13. The van der Waals surface area contributed by atoms with Crippen molar-refractivity contribution in [2.75, 3.05) is 20.8 Å². The SMILES string of the molecule is CCOC(=O)C1C2C1C1C3C4c5cc6c(ccc7ccccc76)cc5C(C(=O)OC)(C42)C31C(=O)OC. The highest BCUT2D eigenvalue weighted by Gasteiger charge is 3.01. The Hall–Kier alpha value is -3.41. The van der Waals surface area contributed by atoms with Gasteiger partial charge in [0.25, 0.3) is 0 Å². The number of methoxy groups -OCH3 is 2. The molecule has 0 heterocycles. The van der Waals surface area contributed by atoms with Crippen LogP contribution in [0.15, 0.2) is 48.5 Å². The molecule has 6 bridgehead atoms. The second-order valence-electron chi connectivity index (χ2n) is 11.1. The smallest absolute Gasteiger partial charge is 0.317 e. The van der Waals surface area contributed by atoms with Crippen LogP contribution in [0.3, 0.4) is 0 Å². The monoisotopic (exact) mass is 482 g/mol. The number of carbonyl (C=O) groups excluding carboxylic acids is 3. The second-order valence-corrected chi connectivity index (χ2v) is 11.1. The van der Waals surface area contributed by atoms with Crippen LogP contribution in [0.1, 0.15) is 24.0 Å². The third-order valence-corrected chi connectivity index (χ3v) is 10.5. The number of hydrogen-bond donors (Lipinski definition) is 0. The van der Waals surface area contributed by atoms with E-state index in [1.807, 2.05) is 19.1 Å². The first-order chi connectivity index (χ1) is 17.5. The maximum atomic E-state index is 14.0. The normalized spacial score (nSPS) is 39.4. The van der Waals surface area contributed by atoms with Gasteiger partial charge in [0.15, 0.2) is 0 Å². The first-order valence-corrected chi connectivity index (χ1v) is 12.8. The van der Waals surface area contributed by atoms with Crippen LogP contribution < -0.4 is 0 Å². The number of hydrogen-bond acceptors (Lipinski definition) is 6. The number of rotatable bonds is 4. The van der Waals surface area contributed by atoms with E-state index in [0.717, 1.165) is 27.3 Å². The van der Waals surface area contributed by atoms with Crippen molar-refractivity contribution in [2.45, 2.75) is 18.3 Å². The molecular formula is C30H26O6. The molecule has 3 aromatic carbocycles. The van der Waals surface area contributed by atoms with Crippen LogP contribution >= 0.6 is 0 Å². The van der Waals surface area contributed by atoms with Crippen LogP contribution in [0.2, 0.25) is 0 Å². The van der Waals surface area contributed by atoms with Gasteiger partial charge in [0, 0.05) is 0 Å². The molecule has 6 nitrogen and oxygen atoms in total. The molecule has 9 unspecified atom stereocenters. The summed E-state index contributed by atoms with van der Waals surface area (Å²) >= 11 is 0. The summed E-state index contributed by atoms with van der Waals surface area (Å²) in [6.45, 7) is 2.13. The minimum absolute atomic E-state index is 0.0157. The van der Waals surface area contributed by atoms with Gasteiger partial charge in [-0.2, -0.15) is 0 Å². The summed E-state index contributed by atoms with van der Waals surface area (Å²) < 4.78 is 16.4. The van der Waals surface area contributed by atoms with Crippen molar-refractivity contribution in [2.24, 2.45) is 40.9 Å². The average molecular weight is 483 g/mol. The highest BCUT2D eigenvalue weighted by Crippen LogP contribution is 2.97. The highest BCUT2D eigenvalue weighted by molar-refractivity contribution is 6.10. The third kappa shape index (κ3) is 1.84. The van der Waals surface area contributed by atoms with Gasteiger partial charge in [0.2, 0.25) is 0 Å². The van der Waals surface area contributed by atoms with E-state index in [4.69, 9.17) is 14.2 Å². The lowest BCUT2D eigenvalue weighted by Gasteiger charge is -2.41. The zero-order valence-corrected chi connectivity index (χ0v) is 20.3. The summed E-state index contributed by atoms with van der Waals surface area (Å²) in [6.07, 6.45) is 0. The molecule has 182 valence electrons. The van der Waals surface area contributed by atoms with Gasteiger partial charge >= 0.3 is 17.9 Å². The summed E-state index contributed by atoms with van der Waals surface area (Å²) in [5.74, 6) is -1.35. The van der Waals surface area contributed by atoms with E-state index in [0.29, 0.717) is 6.61 Å². The Kier molecular flexibility index (Phi) is 3.62. The van der Waals surface area contributed by atoms with E-state index < -0.39 is 10.8 Å². The molecule has 0 spiro atoms. The van der Waals surface area contributed by atoms with Crippen molar-refractivity contribution >= 4 is 39.5 Å². The molecule has 0 aromatic heterocycles. The predicted molar refractivity (Wildman–Crippen MR) is 130 cm³/mol. The Morgan fingerprint density at radius 1 is 0.833 bits per heavy atom. The van der Waals surface area contributed by atoms with Gasteiger partial charge in [-0.1, -0.05) is 36.4 Å². The van der Waals surface area contributed by atoms with E-state index in [-0.39, 0.29) is 59.3 Å². The van der Waals surface area contributed by atoms with Gasteiger partial charge in [-0.15, -0.1) is 0 Å². The lowest BCUT2D eigenvalue weighted by atomic mass is 9.59. The molecule has 6 heteroatoms. The van der Waals surface area contributed by atoms with E-state index in [1.165, 1.54) is 19.6 Å². The molecule has 36 heavy (non-hydrogen) atoms. The summed E-state index contributed by atoms with van der Waals surface area (Å²) in [7, 11) is 2.80. The first kappa shape index (κ1) is 20.7. The predicted octanol–water partition coefficient (Wildman–Crippen LogP) is 3.98. The van der Waals surface area contributed by atoms with Crippen LogP contribution in [0.5, 0.6) is 0 Å². The van der Waals surface area contributed by atoms with Crippen LogP contribution in [0.4, 0.5) is 0 Å². The molecule has 0 saturated heterocycles. The highest BCUT2D eigenvalue weighted by atomic mass is 16.5. The Bertz CT molecular complexity index is 1560. The van der Waals surface area contributed by atoms with Crippen LogP contribution in [-0.4, -0.2) is 38.7 Å². The van der Waals surface area contributed by atoms with Crippen molar-refractivity contribution < 1.29 is 28.6 Å². The fourth-order valence-corrected chi connectivity index (χ4v) is 9.81. The fourth-order valence-electron chi connectivity index (χ4n) is 9.81. The van der Waals surface area contributed by atoms with Gasteiger partial charge in [-0.05, 0) is 87.2 Å². The Morgan fingerprint density at radius 3 is 2.31 bits per heavy atom. The first-order valence-electron chi connectivity index (χ1n) is 12.8. The van der Waals surface area contributed by atoms with Gasteiger partial charge in [0.05, 0.1) is 32.2 Å². The number of carbonyl (C=O) groups is 3. The molecule has 0 radical (unpaired) electrons. The summed E-state index contributed by atoms with van der Waals surface area (Å²) in [5.41, 5.74) is -0.0743. The molecule has 0 N–H and O–H groups in total. The van der Waals surface area contributed by atoms with Gasteiger partial charge in [-0.25, -0.2) is 0 Å². The zero-order chi connectivity index (χ0) is 24.7. The van der Waals surface area contributed by atoms with E-state index in [2.05, 4.69) is 36.4 Å². The standard InChI is InChI=1S/C30H26O6/c1-4-36-26(31)22-20-21(22)25-24-19-17-12-16-14(10-9-13-7-5-6-8-15(13)16)11-18(17)29(23(19)20,27(32)34-2)30(24,25)28(33)35-3/h5-12,19-25H,4H2,1-3H3. The third-order valence-electron chi connectivity index (χ3n) is 10.5. The Balaban J connectivity index is 1.42. The van der Waals surface area contributed by atoms with E-state index in [1.54, 1.807) is 0 Å². The van der Waals surface area contributed by atoms with Crippen LogP contribution in [0.25, 0.3) is 21.5 Å². The quantitative estimate of drug-likeness (QED) is 0.318. The molecule has 0 amide bonds.